The molecule has 0 aromatic heterocycles. The van der Waals surface area contributed by atoms with Crippen molar-refractivity contribution in [2.45, 2.75) is 45.1 Å². The molecule has 2 fully saturated rings. The quantitative estimate of drug-likeness (QED) is 0.0894. The van der Waals surface area contributed by atoms with Crippen LogP contribution < -0.4 is 15.5 Å². The van der Waals surface area contributed by atoms with Crippen LogP contribution in [0.1, 0.15) is 47.1 Å². The number of nitro groups is 1. The second-order valence-corrected chi connectivity index (χ2v) is 14.2. The van der Waals surface area contributed by atoms with Crippen LogP contribution in [0.5, 0.6) is 0 Å². The molecule has 2 aliphatic heterocycles. The molecule has 5 aromatic rings. The first-order valence-electron chi connectivity index (χ1n) is 18.8. The maximum absolute atomic E-state index is 12.5. The first kappa shape index (κ1) is 37.7. The molecule has 0 bridgehead atoms. The number of hydrogen-bond donors (Lipinski definition) is 3. The molecule has 2 heterocycles. The molecule has 5 aromatic carbocycles. The van der Waals surface area contributed by atoms with Crippen molar-refractivity contribution >= 4 is 17.4 Å². The van der Waals surface area contributed by atoms with E-state index in [4.69, 9.17) is 9.47 Å². The van der Waals surface area contributed by atoms with Gasteiger partial charge in [-0.3, -0.25) is 15.0 Å². The molecule has 2 aliphatic rings. The van der Waals surface area contributed by atoms with Gasteiger partial charge in [0.1, 0.15) is 0 Å². The number of rotatable bonds is 12. The summed E-state index contributed by atoms with van der Waals surface area (Å²) in [5.41, 5.74) is 7.94. The van der Waals surface area contributed by atoms with E-state index in [1.54, 1.807) is 12.1 Å². The Hall–Kier alpha value is -5.59. The fraction of sp³-hybridized carbons (Fsp3) is 0.295. The van der Waals surface area contributed by atoms with Crippen molar-refractivity contribution in [3.63, 3.8) is 0 Å². The zero-order valence-electron chi connectivity index (χ0n) is 30.9. The standard InChI is InChI=1S/C44H47N5O6/c1-31-41(29-47-21-23-48(24-22-47)39-17-19-40(20-18-39)49(52)53)54-43(55-42(31)35-15-13-33(30-50)14-16-35)38-12-6-11-37(26-38)36-10-5-9-34(25-36)28-46-44(51)45-27-32-7-3-2-4-8-32/h2-20,25-26,31,41-43,50H,21-24,27-30H2,1H3,(H2,45,46,51)/t31-,41+,42+,43+/m0/s1. The molecule has 3 N–H and O–H groups in total. The highest BCUT2D eigenvalue weighted by atomic mass is 16.7. The third-order valence-corrected chi connectivity index (χ3v) is 10.5. The molecule has 11 heteroatoms. The summed E-state index contributed by atoms with van der Waals surface area (Å²) in [7, 11) is 0. The minimum absolute atomic E-state index is 0.0208. The van der Waals surface area contributed by atoms with Crippen molar-refractivity contribution in [2.24, 2.45) is 5.92 Å². The number of nitrogens with zero attached hydrogens (tertiary/aromatic N) is 3. The predicted octanol–water partition coefficient (Wildman–Crippen LogP) is 7.37. The smallest absolute Gasteiger partial charge is 0.315 e. The second kappa shape index (κ2) is 17.7. The summed E-state index contributed by atoms with van der Waals surface area (Å²) in [4.78, 5) is 28.0. The van der Waals surface area contributed by atoms with Crippen molar-refractivity contribution in [1.82, 2.24) is 15.5 Å². The van der Waals surface area contributed by atoms with Crippen LogP contribution in [0.4, 0.5) is 16.2 Å². The lowest BCUT2D eigenvalue weighted by molar-refractivity contribution is -0.384. The number of amides is 2. The molecule has 55 heavy (non-hydrogen) atoms. The minimum Gasteiger partial charge on any atom is -0.392 e. The van der Waals surface area contributed by atoms with Crippen LogP contribution in [0, 0.1) is 16.0 Å². The third kappa shape index (κ3) is 9.56. The lowest BCUT2D eigenvalue weighted by atomic mass is 9.89. The van der Waals surface area contributed by atoms with E-state index in [-0.39, 0.29) is 41.4 Å². The van der Waals surface area contributed by atoms with Crippen molar-refractivity contribution in [3.05, 3.63) is 165 Å². The number of non-ortho nitro benzene ring substituents is 1. The first-order valence-corrected chi connectivity index (χ1v) is 18.8. The van der Waals surface area contributed by atoms with E-state index < -0.39 is 6.29 Å². The van der Waals surface area contributed by atoms with Crippen LogP contribution in [0.25, 0.3) is 11.1 Å². The van der Waals surface area contributed by atoms with Crippen LogP contribution in [-0.2, 0) is 29.2 Å². The van der Waals surface area contributed by atoms with Crippen molar-refractivity contribution in [1.29, 1.82) is 0 Å². The highest BCUT2D eigenvalue weighted by molar-refractivity contribution is 5.74. The molecule has 0 spiro atoms. The van der Waals surface area contributed by atoms with Gasteiger partial charge in [-0.15, -0.1) is 0 Å². The molecule has 0 aliphatic carbocycles. The second-order valence-electron chi connectivity index (χ2n) is 14.2. The Labute approximate surface area is 321 Å². The van der Waals surface area contributed by atoms with E-state index in [0.29, 0.717) is 13.1 Å². The fourth-order valence-corrected chi connectivity index (χ4v) is 7.31. The van der Waals surface area contributed by atoms with Gasteiger partial charge in [-0.25, -0.2) is 4.79 Å². The predicted molar refractivity (Wildman–Crippen MR) is 212 cm³/mol. The maximum atomic E-state index is 12.5. The Balaban J connectivity index is 1.04. The number of piperazine rings is 1. The van der Waals surface area contributed by atoms with Crippen molar-refractivity contribution in [3.8, 4) is 11.1 Å². The number of ether oxygens (including phenoxy) is 2. The van der Waals surface area contributed by atoms with E-state index in [2.05, 4.69) is 51.6 Å². The van der Waals surface area contributed by atoms with Gasteiger partial charge in [0.2, 0.25) is 0 Å². The number of carbonyl (C=O) groups excluding carboxylic acids is 1. The van der Waals surface area contributed by atoms with Gasteiger partial charge >= 0.3 is 6.03 Å². The zero-order chi connectivity index (χ0) is 38.1. The number of anilines is 1. The van der Waals surface area contributed by atoms with Gasteiger partial charge < -0.3 is 30.1 Å². The fourth-order valence-electron chi connectivity index (χ4n) is 7.31. The first-order chi connectivity index (χ1) is 26.8. The Kier molecular flexibility index (Phi) is 12.1. The number of benzene rings is 5. The Bertz CT molecular complexity index is 2040. The molecule has 7 rings (SSSR count). The molecule has 2 saturated heterocycles. The van der Waals surface area contributed by atoms with Gasteiger partial charge in [0.05, 0.1) is 23.7 Å². The van der Waals surface area contributed by atoms with Gasteiger partial charge in [-0.2, -0.15) is 0 Å². The molecule has 4 atom stereocenters. The van der Waals surface area contributed by atoms with Crippen LogP contribution in [0.15, 0.2) is 127 Å². The monoisotopic (exact) mass is 741 g/mol. The number of aliphatic hydroxyl groups is 1. The highest BCUT2D eigenvalue weighted by Crippen LogP contribution is 2.42. The summed E-state index contributed by atoms with van der Waals surface area (Å²) >= 11 is 0. The molecule has 0 unspecified atom stereocenters. The Morgan fingerprint density at radius 2 is 1.40 bits per heavy atom. The summed E-state index contributed by atoms with van der Waals surface area (Å²) in [6.45, 7) is 7.01. The van der Waals surface area contributed by atoms with Gasteiger partial charge in [-0.05, 0) is 57.6 Å². The van der Waals surface area contributed by atoms with Crippen molar-refractivity contribution < 1.29 is 24.3 Å². The van der Waals surface area contributed by atoms with Gasteiger partial charge in [0, 0.05) is 75.1 Å². The average molecular weight is 742 g/mol. The lowest BCUT2D eigenvalue weighted by Crippen LogP contribution is -2.51. The lowest BCUT2D eigenvalue weighted by Gasteiger charge is -2.44. The number of nitrogens with one attached hydrogen (secondary N) is 2. The maximum Gasteiger partial charge on any atom is 0.315 e. The molecule has 2 amide bonds. The number of hydrogen-bond acceptors (Lipinski definition) is 8. The molecular formula is C44H47N5O6. The molecular weight excluding hydrogens is 695 g/mol. The van der Waals surface area contributed by atoms with E-state index in [1.807, 2.05) is 91.0 Å². The number of aliphatic hydroxyl groups excluding tert-OH is 1. The van der Waals surface area contributed by atoms with Crippen LogP contribution in [0.3, 0.4) is 0 Å². The minimum atomic E-state index is -0.608. The Morgan fingerprint density at radius 3 is 2.09 bits per heavy atom. The summed E-state index contributed by atoms with van der Waals surface area (Å²) in [6.07, 6.45) is -0.967. The van der Waals surface area contributed by atoms with Gasteiger partial charge in [-0.1, -0.05) is 97.9 Å². The molecule has 0 saturated carbocycles. The van der Waals surface area contributed by atoms with E-state index >= 15 is 0 Å². The topological polar surface area (TPSA) is 129 Å². The van der Waals surface area contributed by atoms with Gasteiger partial charge in [0.25, 0.3) is 5.69 Å². The molecule has 11 nitrogen and oxygen atoms in total. The summed E-state index contributed by atoms with van der Waals surface area (Å²) in [5, 5.41) is 26.7. The SMILES string of the molecule is C[C@H]1[C@@H](CN2CCN(c3ccc([N+](=O)[O-])cc3)CC2)O[C@@H](c2cccc(-c3cccc(CNC(=O)NCc4ccccc4)c3)c2)O[C@H]1c1ccc(CO)cc1. The Morgan fingerprint density at radius 1 is 0.745 bits per heavy atom. The van der Waals surface area contributed by atoms with Gasteiger partial charge in [0.15, 0.2) is 6.29 Å². The number of carbonyl (C=O) groups is 1. The van der Waals surface area contributed by atoms with E-state index in [0.717, 1.165) is 77.4 Å². The molecule has 284 valence electrons. The molecule has 0 radical (unpaired) electrons. The largest absolute Gasteiger partial charge is 0.392 e. The van der Waals surface area contributed by atoms with Crippen LogP contribution >= 0.6 is 0 Å². The van der Waals surface area contributed by atoms with Crippen LogP contribution in [0.2, 0.25) is 0 Å². The highest BCUT2D eigenvalue weighted by Gasteiger charge is 2.39. The number of urea groups is 1. The number of nitro benzene ring substituents is 1. The summed E-state index contributed by atoms with van der Waals surface area (Å²) in [6, 6.07) is 40.7. The van der Waals surface area contributed by atoms with Crippen LogP contribution in [-0.4, -0.2) is 59.8 Å². The summed E-state index contributed by atoms with van der Waals surface area (Å²) in [5.74, 6) is 0.0428. The zero-order valence-corrected chi connectivity index (χ0v) is 30.9. The summed E-state index contributed by atoms with van der Waals surface area (Å²) < 4.78 is 13.6. The van der Waals surface area contributed by atoms with Crippen molar-refractivity contribution in [2.75, 3.05) is 37.6 Å². The van der Waals surface area contributed by atoms with E-state index in [9.17, 15) is 20.0 Å². The third-order valence-electron chi connectivity index (χ3n) is 10.5. The normalized spacial score (nSPS) is 20.1. The average Bonchev–Trinajstić information content (AvgIpc) is 3.24. The van der Waals surface area contributed by atoms with E-state index in [1.165, 1.54) is 0 Å².